The van der Waals surface area contributed by atoms with Crippen LogP contribution in [-0.4, -0.2) is 61.7 Å². The molecule has 2 aliphatic rings. The molecule has 0 aromatic heterocycles. The molecule has 2 aliphatic heterocycles. The molecule has 29 heavy (non-hydrogen) atoms. The molecule has 0 radical (unpaired) electrons. The molecule has 2 amide bonds. The third-order valence-electron chi connectivity index (χ3n) is 5.39. The highest BCUT2D eigenvalue weighted by Gasteiger charge is 2.39. The van der Waals surface area contributed by atoms with Crippen LogP contribution in [0.5, 0.6) is 5.75 Å². The summed E-state index contributed by atoms with van der Waals surface area (Å²) < 4.78 is 16.7. The van der Waals surface area contributed by atoms with Crippen LogP contribution in [0.3, 0.4) is 0 Å². The van der Waals surface area contributed by atoms with Crippen LogP contribution in [0.2, 0.25) is 0 Å². The standard InChI is InChI=1S/C21H28N2O6/c1-4-5-19(24)22-13-6-9-17-15(10-13)21(26)23(2)16-8-7-14(11-20(25)27-3)29-18(16)12-28-17/h6,9-10,14,16,18H,4-5,7-8,11-12H2,1-3H3,(H,22,24)/t14-,16-,18+/m1/s1. The molecule has 0 bridgehead atoms. The number of rotatable bonds is 5. The maximum atomic E-state index is 13.1. The van der Waals surface area contributed by atoms with Crippen molar-refractivity contribution in [2.24, 2.45) is 0 Å². The number of amides is 2. The fraction of sp³-hybridized carbons (Fsp3) is 0.571. The average molecular weight is 404 g/mol. The number of anilines is 1. The quantitative estimate of drug-likeness (QED) is 0.758. The number of benzene rings is 1. The maximum absolute atomic E-state index is 13.1. The number of ether oxygens (including phenoxy) is 3. The Morgan fingerprint density at radius 1 is 1.31 bits per heavy atom. The molecule has 158 valence electrons. The van der Waals surface area contributed by atoms with E-state index in [9.17, 15) is 14.4 Å². The zero-order valence-corrected chi connectivity index (χ0v) is 17.1. The fourth-order valence-corrected chi connectivity index (χ4v) is 3.83. The number of fused-ring (bicyclic) bond motifs is 2. The summed E-state index contributed by atoms with van der Waals surface area (Å²) in [7, 11) is 3.11. The number of nitrogens with one attached hydrogen (secondary N) is 1. The van der Waals surface area contributed by atoms with Crippen molar-refractivity contribution in [3.63, 3.8) is 0 Å². The second-order valence-corrected chi connectivity index (χ2v) is 7.46. The van der Waals surface area contributed by atoms with E-state index in [2.05, 4.69) is 5.32 Å². The second-order valence-electron chi connectivity index (χ2n) is 7.46. The molecule has 1 saturated heterocycles. The SMILES string of the molecule is CCCC(=O)Nc1ccc2c(c1)C(=O)N(C)[C@@H]1CC[C@H](CC(=O)OC)O[C@H]1CO2. The molecule has 1 fully saturated rings. The number of hydrogen-bond donors (Lipinski definition) is 1. The van der Waals surface area contributed by atoms with Crippen LogP contribution >= 0.6 is 0 Å². The Bertz CT molecular complexity index is 780. The zero-order chi connectivity index (χ0) is 21.0. The van der Waals surface area contributed by atoms with Crippen molar-refractivity contribution in [1.29, 1.82) is 0 Å². The first-order valence-electron chi connectivity index (χ1n) is 9.99. The van der Waals surface area contributed by atoms with E-state index in [1.54, 1.807) is 30.1 Å². The maximum Gasteiger partial charge on any atom is 0.308 e. The van der Waals surface area contributed by atoms with Gasteiger partial charge in [0.25, 0.3) is 5.91 Å². The number of hydrogen-bond acceptors (Lipinski definition) is 6. The Hall–Kier alpha value is -2.61. The van der Waals surface area contributed by atoms with Gasteiger partial charge in [-0.15, -0.1) is 0 Å². The summed E-state index contributed by atoms with van der Waals surface area (Å²) in [6.07, 6.45) is 2.16. The van der Waals surface area contributed by atoms with Crippen LogP contribution in [0, 0.1) is 0 Å². The summed E-state index contributed by atoms with van der Waals surface area (Å²) in [5.74, 6) is -0.131. The molecule has 1 aromatic rings. The molecule has 0 spiro atoms. The molecule has 0 saturated carbocycles. The van der Waals surface area contributed by atoms with Crippen molar-refractivity contribution < 1.29 is 28.6 Å². The summed E-state index contributed by atoms with van der Waals surface area (Å²) in [5, 5.41) is 2.82. The van der Waals surface area contributed by atoms with Crippen molar-refractivity contribution in [2.45, 2.75) is 57.3 Å². The molecule has 2 heterocycles. The van der Waals surface area contributed by atoms with Crippen LogP contribution in [0.1, 0.15) is 49.4 Å². The van der Waals surface area contributed by atoms with E-state index >= 15 is 0 Å². The first kappa shape index (κ1) is 21.1. The van der Waals surface area contributed by atoms with Gasteiger partial charge in [0.15, 0.2) is 0 Å². The van der Waals surface area contributed by atoms with Gasteiger partial charge in [-0.25, -0.2) is 0 Å². The lowest BCUT2D eigenvalue weighted by molar-refractivity contribution is -0.151. The smallest absolute Gasteiger partial charge is 0.308 e. The van der Waals surface area contributed by atoms with Gasteiger partial charge >= 0.3 is 5.97 Å². The topological polar surface area (TPSA) is 94.2 Å². The van der Waals surface area contributed by atoms with Crippen LogP contribution in [0.4, 0.5) is 5.69 Å². The van der Waals surface area contributed by atoms with Gasteiger partial charge < -0.3 is 24.4 Å². The van der Waals surface area contributed by atoms with Gasteiger partial charge in [0.1, 0.15) is 18.5 Å². The Labute approximate surface area is 170 Å². The van der Waals surface area contributed by atoms with E-state index in [1.807, 2.05) is 6.92 Å². The molecular formula is C21H28N2O6. The van der Waals surface area contributed by atoms with Gasteiger partial charge in [-0.1, -0.05) is 6.92 Å². The number of carbonyl (C=O) groups is 3. The Morgan fingerprint density at radius 3 is 2.83 bits per heavy atom. The average Bonchev–Trinajstić information content (AvgIpc) is 2.71. The molecule has 8 nitrogen and oxygen atoms in total. The lowest BCUT2D eigenvalue weighted by atomic mass is 9.94. The highest BCUT2D eigenvalue weighted by molar-refractivity contribution is 5.99. The molecule has 3 rings (SSSR count). The minimum Gasteiger partial charge on any atom is -0.490 e. The van der Waals surface area contributed by atoms with Crippen LogP contribution in [0.25, 0.3) is 0 Å². The molecule has 8 heteroatoms. The third kappa shape index (κ3) is 4.87. The normalized spacial score (nSPS) is 23.8. The van der Waals surface area contributed by atoms with Gasteiger partial charge in [-0.2, -0.15) is 0 Å². The Balaban J connectivity index is 1.77. The highest BCUT2D eigenvalue weighted by atomic mass is 16.5. The highest BCUT2D eigenvalue weighted by Crippen LogP contribution is 2.32. The Kier molecular flexibility index (Phi) is 6.74. The van der Waals surface area contributed by atoms with E-state index in [1.165, 1.54) is 7.11 Å². The second kappa shape index (κ2) is 9.26. The minimum atomic E-state index is -0.329. The summed E-state index contributed by atoms with van der Waals surface area (Å²) in [5.41, 5.74) is 0.986. The number of nitrogens with zero attached hydrogens (tertiary/aromatic N) is 1. The first-order valence-corrected chi connectivity index (χ1v) is 9.99. The first-order chi connectivity index (χ1) is 13.9. The molecular weight excluding hydrogens is 376 g/mol. The monoisotopic (exact) mass is 404 g/mol. The molecule has 0 unspecified atom stereocenters. The largest absolute Gasteiger partial charge is 0.490 e. The number of esters is 1. The summed E-state index contributed by atoms with van der Waals surface area (Å²) in [4.78, 5) is 38.2. The van der Waals surface area contributed by atoms with Gasteiger partial charge in [-0.3, -0.25) is 14.4 Å². The van der Waals surface area contributed by atoms with Gasteiger partial charge in [0.05, 0.1) is 31.2 Å². The van der Waals surface area contributed by atoms with E-state index in [-0.39, 0.29) is 49.1 Å². The lowest BCUT2D eigenvalue weighted by Crippen LogP contribution is -2.53. The molecule has 3 atom stereocenters. The number of carbonyl (C=O) groups excluding carboxylic acids is 3. The van der Waals surface area contributed by atoms with E-state index in [4.69, 9.17) is 14.2 Å². The zero-order valence-electron chi connectivity index (χ0n) is 17.1. The van der Waals surface area contributed by atoms with Gasteiger partial charge in [0.2, 0.25) is 5.91 Å². The molecule has 1 aromatic carbocycles. The van der Waals surface area contributed by atoms with E-state index < -0.39 is 0 Å². The van der Waals surface area contributed by atoms with Crippen LogP contribution in [0.15, 0.2) is 18.2 Å². The predicted octanol–water partition coefficient (Wildman–Crippen LogP) is 2.37. The minimum absolute atomic E-state index is 0.0857. The number of likely N-dealkylation sites (N-methyl/N-ethyl adjacent to an activating group) is 1. The summed E-state index contributed by atoms with van der Waals surface area (Å²) in [6.45, 7) is 2.21. The van der Waals surface area contributed by atoms with Crippen LogP contribution in [-0.2, 0) is 19.1 Å². The third-order valence-corrected chi connectivity index (χ3v) is 5.39. The summed E-state index contributed by atoms with van der Waals surface area (Å²) >= 11 is 0. The fourth-order valence-electron chi connectivity index (χ4n) is 3.83. The van der Waals surface area contributed by atoms with Crippen molar-refractivity contribution in [3.8, 4) is 5.75 Å². The molecule has 0 aliphatic carbocycles. The van der Waals surface area contributed by atoms with Crippen LogP contribution < -0.4 is 10.1 Å². The van der Waals surface area contributed by atoms with Crippen molar-refractivity contribution in [1.82, 2.24) is 4.90 Å². The lowest BCUT2D eigenvalue weighted by Gasteiger charge is -2.42. The Morgan fingerprint density at radius 2 is 2.10 bits per heavy atom. The van der Waals surface area contributed by atoms with Crippen molar-refractivity contribution >= 4 is 23.5 Å². The van der Waals surface area contributed by atoms with E-state index in [0.717, 1.165) is 6.42 Å². The van der Waals surface area contributed by atoms with E-state index in [0.29, 0.717) is 36.3 Å². The summed E-state index contributed by atoms with van der Waals surface area (Å²) in [6, 6.07) is 4.92. The van der Waals surface area contributed by atoms with Crippen molar-refractivity contribution in [2.75, 3.05) is 26.1 Å². The van der Waals surface area contributed by atoms with Gasteiger partial charge in [0, 0.05) is 19.2 Å². The van der Waals surface area contributed by atoms with Gasteiger partial charge in [-0.05, 0) is 37.5 Å². The van der Waals surface area contributed by atoms with Crippen molar-refractivity contribution in [3.05, 3.63) is 23.8 Å². The molecule has 1 N–H and O–H groups in total. The number of methoxy groups -OCH3 is 1. The predicted molar refractivity (Wildman–Crippen MR) is 106 cm³/mol.